The molecule has 2 aromatic rings. The van der Waals surface area contributed by atoms with E-state index in [4.69, 9.17) is 14.2 Å². The molecule has 2 saturated heterocycles. The van der Waals surface area contributed by atoms with Crippen LogP contribution in [0.25, 0.3) is 0 Å². The number of methoxy groups -OCH3 is 2. The summed E-state index contributed by atoms with van der Waals surface area (Å²) in [6.07, 6.45) is 2.49. The molecule has 152 valence electrons. The average Bonchev–Trinajstić information content (AvgIpc) is 3.28. The highest BCUT2D eigenvalue weighted by atomic mass is 16.6. The van der Waals surface area contributed by atoms with Gasteiger partial charge in [-0.1, -0.05) is 30.3 Å². The fraction of sp³-hybridized carbons (Fsp3) is 0.458. The van der Waals surface area contributed by atoms with Crippen molar-refractivity contribution >= 4 is 5.97 Å². The Kier molecular flexibility index (Phi) is 4.50. The van der Waals surface area contributed by atoms with Gasteiger partial charge in [-0.05, 0) is 41.7 Å². The van der Waals surface area contributed by atoms with Crippen molar-refractivity contribution < 1.29 is 19.0 Å². The van der Waals surface area contributed by atoms with E-state index >= 15 is 0 Å². The third-order valence-electron chi connectivity index (χ3n) is 7.01. The molecule has 0 amide bonds. The molecule has 0 radical (unpaired) electrons. The summed E-state index contributed by atoms with van der Waals surface area (Å²) in [5.74, 6) is 1.70. The number of carbonyl (C=O) groups excluding carboxylic acids is 1. The highest BCUT2D eigenvalue weighted by Gasteiger charge is 2.56. The third kappa shape index (κ3) is 2.99. The molecule has 5 nitrogen and oxygen atoms in total. The molecular weight excluding hydrogens is 366 g/mol. The molecule has 3 aliphatic rings. The maximum atomic E-state index is 12.3. The van der Waals surface area contributed by atoms with Crippen LogP contribution >= 0.6 is 0 Å². The van der Waals surface area contributed by atoms with Gasteiger partial charge in [-0.25, -0.2) is 0 Å². The van der Waals surface area contributed by atoms with Gasteiger partial charge in [0.15, 0.2) is 11.5 Å². The Labute approximate surface area is 171 Å². The highest BCUT2D eigenvalue weighted by molar-refractivity contribution is 5.73. The van der Waals surface area contributed by atoms with Crippen molar-refractivity contribution in [2.24, 2.45) is 5.92 Å². The Morgan fingerprint density at radius 2 is 1.90 bits per heavy atom. The molecule has 1 aliphatic carbocycles. The van der Waals surface area contributed by atoms with Crippen LogP contribution in [0.15, 0.2) is 42.5 Å². The Bertz CT molecular complexity index is 928. The van der Waals surface area contributed by atoms with Crippen molar-refractivity contribution in [2.75, 3.05) is 27.3 Å². The molecule has 2 aliphatic heterocycles. The van der Waals surface area contributed by atoms with E-state index in [-0.39, 0.29) is 23.4 Å². The molecule has 0 bridgehead atoms. The number of ether oxygens (including phenoxy) is 3. The second-order valence-corrected chi connectivity index (χ2v) is 8.51. The fourth-order valence-electron chi connectivity index (χ4n) is 5.76. The number of nitrogens with zero attached hydrogens (tertiary/aromatic N) is 1. The van der Waals surface area contributed by atoms with E-state index in [1.807, 2.05) is 6.07 Å². The Balaban J connectivity index is 1.55. The second-order valence-electron chi connectivity index (χ2n) is 8.51. The van der Waals surface area contributed by atoms with Gasteiger partial charge in [0.2, 0.25) is 0 Å². The molecular formula is C24H27NO4. The lowest BCUT2D eigenvalue weighted by Crippen LogP contribution is -2.55. The van der Waals surface area contributed by atoms with Crippen LogP contribution in [0.2, 0.25) is 0 Å². The first-order valence-electron chi connectivity index (χ1n) is 10.3. The Morgan fingerprint density at radius 3 is 2.66 bits per heavy atom. The minimum Gasteiger partial charge on any atom is -0.493 e. The number of fused-ring (bicyclic) bond motifs is 4. The van der Waals surface area contributed by atoms with E-state index < -0.39 is 0 Å². The minimum atomic E-state index is -0.0846. The summed E-state index contributed by atoms with van der Waals surface area (Å²) in [4.78, 5) is 14.7. The van der Waals surface area contributed by atoms with Crippen LogP contribution in [0.3, 0.4) is 0 Å². The summed E-state index contributed by atoms with van der Waals surface area (Å²) in [5.41, 5.74) is 3.82. The number of hydrogen-bond acceptors (Lipinski definition) is 5. The molecule has 2 fully saturated rings. The van der Waals surface area contributed by atoms with Gasteiger partial charge >= 0.3 is 5.97 Å². The molecule has 5 heteroatoms. The number of hydrogen-bond donors (Lipinski definition) is 0. The number of esters is 1. The third-order valence-corrected chi connectivity index (χ3v) is 7.01. The fourth-order valence-corrected chi connectivity index (χ4v) is 5.76. The van der Waals surface area contributed by atoms with E-state index in [0.29, 0.717) is 6.42 Å². The SMILES string of the molecule is COc1cc2c(cc1OC)[C@@]1(CC2)CN(Cc2ccccc2)C[C@@H]2OC(=O)C[C@@H]21. The van der Waals surface area contributed by atoms with Crippen LogP contribution in [0.4, 0.5) is 0 Å². The molecule has 2 aromatic carbocycles. The number of benzene rings is 2. The first kappa shape index (κ1) is 18.5. The van der Waals surface area contributed by atoms with E-state index in [0.717, 1.165) is 44.0 Å². The second kappa shape index (κ2) is 7.06. The number of rotatable bonds is 4. The molecule has 0 saturated carbocycles. The van der Waals surface area contributed by atoms with Gasteiger partial charge in [-0.15, -0.1) is 0 Å². The zero-order chi connectivity index (χ0) is 20.0. The maximum absolute atomic E-state index is 12.3. The number of carbonyl (C=O) groups is 1. The molecule has 3 atom stereocenters. The van der Waals surface area contributed by atoms with Crippen LogP contribution in [-0.4, -0.2) is 44.3 Å². The molecule has 0 unspecified atom stereocenters. The van der Waals surface area contributed by atoms with E-state index in [1.54, 1.807) is 14.2 Å². The normalized spacial score (nSPS) is 28.1. The van der Waals surface area contributed by atoms with Crippen molar-refractivity contribution in [3.05, 3.63) is 59.2 Å². The van der Waals surface area contributed by atoms with Crippen molar-refractivity contribution in [1.29, 1.82) is 0 Å². The van der Waals surface area contributed by atoms with Crippen LogP contribution in [0.5, 0.6) is 11.5 Å². The predicted molar refractivity (Wildman–Crippen MR) is 109 cm³/mol. The summed E-state index contributed by atoms with van der Waals surface area (Å²) < 4.78 is 16.9. The molecule has 5 rings (SSSR count). The van der Waals surface area contributed by atoms with Gasteiger partial charge in [0.25, 0.3) is 0 Å². The zero-order valence-corrected chi connectivity index (χ0v) is 17.0. The number of likely N-dealkylation sites (tertiary alicyclic amines) is 1. The Hall–Kier alpha value is -2.53. The van der Waals surface area contributed by atoms with Gasteiger partial charge in [-0.3, -0.25) is 9.69 Å². The summed E-state index contributed by atoms with van der Waals surface area (Å²) in [6, 6.07) is 14.8. The van der Waals surface area contributed by atoms with E-state index in [9.17, 15) is 4.79 Å². The zero-order valence-electron chi connectivity index (χ0n) is 17.0. The van der Waals surface area contributed by atoms with Crippen molar-refractivity contribution in [1.82, 2.24) is 4.90 Å². The molecule has 2 heterocycles. The van der Waals surface area contributed by atoms with Gasteiger partial charge in [-0.2, -0.15) is 0 Å². The van der Waals surface area contributed by atoms with Crippen molar-refractivity contribution in [2.45, 2.75) is 37.3 Å². The van der Waals surface area contributed by atoms with Crippen molar-refractivity contribution in [3.8, 4) is 11.5 Å². The highest BCUT2D eigenvalue weighted by Crippen LogP contribution is 2.54. The lowest BCUT2D eigenvalue weighted by atomic mass is 9.65. The van der Waals surface area contributed by atoms with E-state index in [2.05, 4.69) is 41.3 Å². The van der Waals surface area contributed by atoms with Gasteiger partial charge in [0, 0.05) is 31.0 Å². The minimum absolute atomic E-state index is 0.0426. The van der Waals surface area contributed by atoms with E-state index in [1.165, 1.54) is 16.7 Å². The van der Waals surface area contributed by atoms with Gasteiger partial charge in [0.1, 0.15) is 6.10 Å². The van der Waals surface area contributed by atoms with Crippen LogP contribution in [0, 0.1) is 5.92 Å². The van der Waals surface area contributed by atoms with Crippen LogP contribution in [0.1, 0.15) is 29.5 Å². The Morgan fingerprint density at radius 1 is 1.14 bits per heavy atom. The summed E-state index contributed by atoms with van der Waals surface area (Å²) in [5, 5.41) is 0. The van der Waals surface area contributed by atoms with Gasteiger partial charge < -0.3 is 14.2 Å². The average molecular weight is 393 g/mol. The van der Waals surface area contributed by atoms with Crippen LogP contribution < -0.4 is 9.47 Å². The van der Waals surface area contributed by atoms with Gasteiger partial charge in [0.05, 0.1) is 20.6 Å². The first-order chi connectivity index (χ1) is 14.1. The predicted octanol–water partition coefficient (Wildman–Crippen LogP) is 3.34. The molecule has 29 heavy (non-hydrogen) atoms. The quantitative estimate of drug-likeness (QED) is 0.746. The molecule has 1 spiro atoms. The largest absolute Gasteiger partial charge is 0.493 e. The number of aryl methyl sites for hydroxylation is 1. The standard InChI is InChI=1S/C24H27NO4/c1-27-20-10-17-8-9-24(18(17)11-21(20)28-2)15-25(13-16-6-4-3-5-7-16)14-22-19(24)12-23(26)29-22/h3-7,10-11,19,22H,8-9,12-15H2,1-2H3/t19-,22-,24+/m0/s1. The maximum Gasteiger partial charge on any atom is 0.306 e. The summed E-state index contributed by atoms with van der Waals surface area (Å²) >= 11 is 0. The van der Waals surface area contributed by atoms with Crippen LogP contribution in [-0.2, 0) is 27.9 Å². The molecule has 0 aromatic heterocycles. The first-order valence-corrected chi connectivity index (χ1v) is 10.3. The molecule has 0 N–H and O–H groups in total. The lowest BCUT2D eigenvalue weighted by Gasteiger charge is -2.47. The monoisotopic (exact) mass is 393 g/mol. The number of piperidine rings is 1. The lowest BCUT2D eigenvalue weighted by molar-refractivity contribution is -0.143. The summed E-state index contributed by atoms with van der Waals surface area (Å²) in [6.45, 7) is 2.60. The van der Waals surface area contributed by atoms with Crippen molar-refractivity contribution in [3.63, 3.8) is 0 Å². The topological polar surface area (TPSA) is 48.0 Å². The summed E-state index contributed by atoms with van der Waals surface area (Å²) in [7, 11) is 3.36. The smallest absolute Gasteiger partial charge is 0.306 e.